The Morgan fingerprint density at radius 1 is 1.04 bits per heavy atom. The van der Waals surface area contributed by atoms with Crippen molar-refractivity contribution in [3.63, 3.8) is 0 Å². The van der Waals surface area contributed by atoms with E-state index >= 15 is 0 Å². The van der Waals surface area contributed by atoms with Gasteiger partial charge in [0, 0.05) is 11.6 Å². The number of furan rings is 1. The van der Waals surface area contributed by atoms with Crippen LogP contribution in [0.5, 0.6) is 5.75 Å². The third-order valence-corrected chi connectivity index (χ3v) is 4.93. The summed E-state index contributed by atoms with van der Waals surface area (Å²) >= 11 is 12.0. The van der Waals surface area contributed by atoms with E-state index in [0.29, 0.717) is 32.9 Å². The number of ether oxygens (including phenoxy) is 2. The molecule has 0 spiro atoms. The van der Waals surface area contributed by atoms with Crippen LogP contribution in [0.4, 0.5) is 0 Å². The molecule has 7 heteroatoms. The molecule has 28 heavy (non-hydrogen) atoms. The molecule has 1 aliphatic rings. The molecule has 0 bridgehead atoms. The van der Waals surface area contributed by atoms with Crippen molar-refractivity contribution in [2.45, 2.75) is 0 Å². The molecule has 140 valence electrons. The van der Waals surface area contributed by atoms with Gasteiger partial charge in [-0.2, -0.15) is 0 Å². The first-order chi connectivity index (χ1) is 13.5. The van der Waals surface area contributed by atoms with Gasteiger partial charge < -0.3 is 13.9 Å². The highest BCUT2D eigenvalue weighted by molar-refractivity contribution is 6.42. The van der Waals surface area contributed by atoms with Crippen molar-refractivity contribution in [3.8, 4) is 17.1 Å². The summed E-state index contributed by atoms with van der Waals surface area (Å²) in [5.41, 5.74) is 1.33. The van der Waals surface area contributed by atoms with Crippen molar-refractivity contribution in [2.24, 2.45) is 0 Å². The summed E-state index contributed by atoms with van der Waals surface area (Å²) in [7, 11) is 1.28. The SMILES string of the molecule is COC(=O)c1ccc2c(c1)C(=O)/C(=C/c1ccc(-c3ccc(Cl)c(Cl)c3)o1)O2. The van der Waals surface area contributed by atoms with Crippen LogP contribution in [0.25, 0.3) is 17.4 Å². The van der Waals surface area contributed by atoms with E-state index in [2.05, 4.69) is 4.74 Å². The molecular formula is C21H12Cl2O5. The highest BCUT2D eigenvalue weighted by atomic mass is 35.5. The third kappa shape index (κ3) is 3.30. The number of fused-ring (bicyclic) bond motifs is 1. The summed E-state index contributed by atoms with van der Waals surface area (Å²) in [5, 5.41) is 0.870. The minimum absolute atomic E-state index is 0.104. The number of allylic oxidation sites excluding steroid dienone is 1. The van der Waals surface area contributed by atoms with Gasteiger partial charge in [-0.05, 0) is 48.5 Å². The molecule has 0 N–H and O–H groups in total. The number of esters is 1. The van der Waals surface area contributed by atoms with Crippen LogP contribution >= 0.6 is 23.2 Å². The Morgan fingerprint density at radius 3 is 2.61 bits per heavy atom. The van der Waals surface area contributed by atoms with E-state index in [4.69, 9.17) is 32.4 Å². The molecule has 3 aromatic rings. The second-order valence-corrected chi connectivity index (χ2v) is 6.79. The number of methoxy groups -OCH3 is 1. The van der Waals surface area contributed by atoms with Crippen molar-refractivity contribution in [1.82, 2.24) is 0 Å². The molecule has 2 aromatic carbocycles. The van der Waals surface area contributed by atoms with Crippen molar-refractivity contribution >= 4 is 41.0 Å². The van der Waals surface area contributed by atoms with Crippen molar-refractivity contribution in [3.05, 3.63) is 81.2 Å². The van der Waals surface area contributed by atoms with Gasteiger partial charge in [-0.15, -0.1) is 0 Å². The Bertz CT molecular complexity index is 1140. The molecule has 0 saturated carbocycles. The molecular weight excluding hydrogens is 403 g/mol. The Balaban J connectivity index is 1.61. The maximum absolute atomic E-state index is 12.6. The van der Waals surface area contributed by atoms with Crippen LogP contribution in [0, 0.1) is 0 Å². The molecule has 1 aliphatic heterocycles. The van der Waals surface area contributed by atoms with Gasteiger partial charge in [0.25, 0.3) is 0 Å². The molecule has 0 atom stereocenters. The quantitative estimate of drug-likeness (QED) is 0.408. The summed E-state index contributed by atoms with van der Waals surface area (Å²) in [6.07, 6.45) is 1.50. The van der Waals surface area contributed by atoms with Crippen LogP contribution in [-0.2, 0) is 4.74 Å². The minimum atomic E-state index is -0.523. The number of ketones is 1. The van der Waals surface area contributed by atoms with Crippen LogP contribution in [0.3, 0.4) is 0 Å². The number of Topliss-reactive ketones (excluding diaryl/α,β-unsaturated/α-hetero) is 1. The number of hydrogen-bond donors (Lipinski definition) is 0. The lowest BCUT2D eigenvalue weighted by atomic mass is 10.1. The summed E-state index contributed by atoms with van der Waals surface area (Å²) in [6, 6.07) is 13.2. The molecule has 0 unspecified atom stereocenters. The predicted octanol–water partition coefficient (Wildman–Crippen LogP) is 5.66. The second-order valence-electron chi connectivity index (χ2n) is 5.97. The summed E-state index contributed by atoms with van der Waals surface area (Å²) in [5.74, 6) is 0.623. The molecule has 4 rings (SSSR count). The van der Waals surface area contributed by atoms with E-state index in [-0.39, 0.29) is 17.1 Å². The second kappa shape index (κ2) is 7.19. The lowest BCUT2D eigenvalue weighted by Crippen LogP contribution is -2.02. The van der Waals surface area contributed by atoms with Crippen LogP contribution in [-0.4, -0.2) is 18.9 Å². The Hall–Kier alpha value is -3.02. The Morgan fingerprint density at radius 2 is 1.86 bits per heavy atom. The zero-order chi connectivity index (χ0) is 19.8. The Kier molecular flexibility index (Phi) is 4.71. The van der Waals surface area contributed by atoms with Gasteiger partial charge in [-0.1, -0.05) is 23.2 Å². The first-order valence-corrected chi connectivity index (χ1v) is 8.94. The average molecular weight is 415 g/mol. The number of carbonyl (C=O) groups is 2. The average Bonchev–Trinajstić information content (AvgIpc) is 3.28. The predicted molar refractivity (Wildman–Crippen MR) is 105 cm³/mol. The monoisotopic (exact) mass is 414 g/mol. The highest BCUT2D eigenvalue weighted by Crippen LogP contribution is 2.34. The molecule has 0 radical (unpaired) electrons. The molecule has 0 aliphatic carbocycles. The van der Waals surface area contributed by atoms with E-state index < -0.39 is 5.97 Å². The van der Waals surface area contributed by atoms with E-state index in [1.54, 1.807) is 36.4 Å². The van der Waals surface area contributed by atoms with E-state index in [9.17, 15) is 9.59 Å². The zero-order valence-corrected chi connectivity index (χ0v) is 16.0. The first kappa shape index (κ1) is 18.3. The summed E-state index contributed by atoms with van der Waals surface area (Å²) in [6.45, 7) is 0. The molecule has 0 saturated heterocycles. The molecule has 2 heterocycles. The number of carbonyl (C=O) groups excluding carboxylic acids is 2. The zero-order valence-electron chi connectivity index (χ0n) is 14.5. The van der Waals surface area contributed by atoms with E-state index in [1.807, 2.05) is 0 Å². The number of benzene rings is 2. The first-order valence-electron chi connectivity index (χ1n) is 8.18. The van der Waals surface area contributed by atoms with Crippen LogP contribution < -0.4 is 4.74 Å². The molecule has 0 fully saturated rings. The highest BCUT2D eigenvalue weighted by Gasteiger charge is 2.29. The van der Waals surface area contributed by atoms with Crippen LogP contribution in [0.2, 0.25) is 10.0 Å². The fourth-order valence-electron chi connectivity index (χ4n) is 2.80. The van der Waals surface area contributed by atoms with Crippen molar-refractivity contribution < 1.29 is 23.5 Å². The van der Waals surface area contributed by atoms with E-state index in [0.717, 1.165) is 5.56 Å². The van der Waals surface area contributed by atoms with Gasteiger partial charge in [-0.25, -0.2) is 4.79 Å². The largest absolute Gasteiger partial charge is 0.465 e. The topological polar surface area (TPSA) is 65.7 Å². The van der Waals surface area contributed by atoms with Gasteiger partial charge in [0.15, 0.2) is 5.76 Å². The van der Waals surface area contributed by atoms with Crippen LogP contribution in [0.1, 0.15) is 26.5 Å². The molecule has 0 amide bonds. The fourth-order valence-corrected chi connectivity index (χ4v) is 3.10. The van der Waals surface area contributed by atoms with E-state index in [1.165, 1.54) is 25.3 Å². The maximum Gasteiger partial charge on any atom is 0.337 e. The lowest BCUT2D eigenvalue weighted by Gasteiger charge is -2.00. The number of hydrogen-bond acceptors (Lipinski definition) is 5. The van der Waals surface area contributed by atoms with Crippen LogP contribution in [0.15, 0.2) is 58.7 Å². The van der Waals surface area contributed by atoms with Crippen molar-refractivity contribution in [1.29, 1.82) is 0 Å². The molecule has 1 aromatic heterocycles. The Labute approximate surface area is 170 Å². The minimum Gasteiger partial charge on any atom is -0.465 e. The lowest BCUT2D eigenvalue weighted by molar-refractivity contribution is 0.0600. The normalized spacial score (nSPS) is 14.1. The van der Waals surface area contributed by atoms with Gasteiger partial charge in [0.2, 0.25) is 5.78 Å². The summed E-state index contributed by atoms with van der Waals surface area (Å²) < 4.78 is 16.0. The number of rotatable bonds is 3. The number of halogens is 2. The van der Waals surface area contributed by atoms with Gasteiger partial charge in [0.05, 0.1) is 28.3 Å². The smallest absolute Gasteiger partial charge is 0.337 e. The molecule has 5 nitrogen and oxygen atoms in total. The summed E-state index contributed by atoms with van der Waals surface area (Å²) in [4.78, 5) is 24.3. The third-order valence-electron chi connectivity index (χ3n) is 4.19. The van der Waals surface area contributed by atoms with Gasteiger partial charge in [0.1, 0.15) is 17.3 Å². The van der Waals surface area contributed by atoms with Gasteiger partial charge >= 0.3 is 5.97 Å². The van der Waals surface area contributed by atoms with Gasteiger partial charge in [-0.3, -0.25) is 4.79 Å². The maximum atomic E-state index is 12.6. The standard InChI is InChI=1S/C21H12Cl2O5/c1-26-21(25)12-3-6-18-14(8-12)20(24)19(28-18)10-13-4-7-17(27-13)11-2-5-15(22)16(23)9-11/h2-10H,1H3/b19-10-. The fraction of sp³-hybridized carbons (Fsp3) is 0.0476. The van der Waals surface area contributed by atoms with Crippen molar-refractivity contribution in [2.75, 3.05) is 7.11 Å².